The van der Waals surface area contributed by atoms with E-state index in [-0.39, 0.29) is 49.1 Å². The number of methoxy groups -OCH3 is 1. The van der Waals surface area contributed by atoms with Crippen LogP contribution in [0, 0.1) is 23.2 Å². The first kappa shape index (κ1) is 29.1. The molecule has 0 spiro atoms. The second kappa shape index (κ2) is 12.6. The van der Waals surface area contributed by atoms with E-state index in [1.54, 1.807) is 17.2 Å². The first-order valence-electron chi connectivity index (χ1n) is 14.9. The number of carbonyl (C=O) groups is 3. The quantitative estimate of drug-likeness (QED) is 0.288. The summed E-state index contributed by atoms with van der Waals surface area (Å²) in [7, 11) is 1.39. The van der Waals surface area contributed by atoms with Crippen molar-refractivity contribution in [2.24, 2.45) is 23.2 Å². The van der Waals surface area contributed by atoms with Crippen LogP contribution in [-0.4, -0.2) is 48.5 Å². The van der Waals surface area contributed by atoms with E-state index in [2.05, 4.69) is 31.3 Å². The van der Waals surface area contributed by atoms with Crippen LogP contribution in [0.25, 0.3) is 0 Å². The molecule has 2 aromatic rings. The minimum Gasteiger partial charge on any atom is -0.468 e. The molecule has 8 heteroatoms. The first-order chi connectivity index (χ1) is 19.8. The van der Waals surface area contributed by atoms with Crippen molar-refractivity contribution in [1.29, 1.82) is 0 Å². The maximum absolute atomic E-state index is 14.1. The average Bonchev–Trinajstić information content (AvgIpc) is 3.69. The third-order valence-corrected chi connectivity index (χ3v) is 8.68. The smallest absolute Gasteiger partial charge is 0.320 e. The molecule has 1 saturated heterocycles. The highest BCUT2D eigenvalue weighted by atomic mass is 16.5. The average molecular weight is 563 g/mol. The van der Waals surface area contributed by atoms with Crippen LogP contribution < -0.4 is 5.32 Å². The summed E-state index contributed by atoms with van der Waals surface area (Å²) in [5.41, 5.74) is 0.743. The fourth-order valence-electron chi connectivity index (χ4n) is 6.39. The number of nitrogens with zero attached hydrogens (tertiary/aromatic N) is 1. The van der Waals surface area contributed by atoms with Crippen LogP contribution in [0.4, 0.5) is 0 Å². The number of piperidine rings is 1. The molecule has 220 valence electrons. The number of fused-ring (bicyclic) bond motifs is 1. The van der Waals surface area contributed by atoms with E-state index in [1.165, 1.54) is 12.7 Å². The molecule has 1 saturated carbocycles. The fraction of sp³-hybridized carbons (Fsp3) is 0.545. The van der Waals surface area contributed by atoms with Crippen LogP contribution in [0.5, 0.6) is 0 Å². The molecule has 2 aliphatic heterocycles. The van der Waals surface area contributed by atoms with E-state index in [0.717, 1.165) is 32.1 Å². The molecule has 1 aromatic heterocycles. The van der Waals surface area contributed by atoms with Gasteiger partial charge in [0.1, 0.15) is 11.2 Å². The van der Waals surface area contributed by atoms with Gasteiger partial charge in [0.2, 0.25) is 11.8 Å². The summed E-state index contributed by atoms with van der Waals surface area (Å²) < 4.78 is 17.7. The molecule has 3 heterocycles. The lowest BCUT2D eigenvalue weighted by molar-refractivity contribution is -0.182. The number of unbranched alkanes of at least 4 members (excludes halogenated alkanes) is 1. The van der Waals surface area contributed by atoms with Gasteiger partial charge in [0.15, 0.2) is 0 Å². The molecule has 0 unspecified atom stereocenters. The van der Waals surface area contributed by atoms with E-state index in [0.29, 0.717) is 18.0 Å². The largest absolute Gasteiger partial charge is 0.468 e. The molecule has 8 nitrogen and oxygen atoms in total. The molecule has 1 N–H and O–H groups in total. The Morgan fingerprint density at radius 3 is 2.56 bits per heavy atom. The highest BCUT2D eigenvalue weighted by molar-refractivity contribution is 5.92. The lowest BCUT2D eigenvalue weighted by Crippen LogP contribution is -2.61. The van der Waals surface area contributed by atoms with Crippen molar-refractivity contribution in [2.75, 3.05) is 13.7 Å². The normalized spacial score (nSPS) is 26.0. The van der Waals surface area contributed by atoms with Crippen molar-refractivity contribution in [3.63, 3.8) is 0 Å². The van der Waals surface area contributed by atoms with E-state index in [9.17, 15) is 14.4 Å². The second-order valence-corrected chi connectivity index (χ2v) is 12.0. The zero-order valence-corrected chi connectivity index (χ0v) is 24.3. The van der Waals surface area contributed by atoms with Gasteiger partial charge in [-0.25, -0.2) is 0 Å². The van der Waals surface area contributed by atoms with Crippen LogP contribution >= 0.6 is 0 Å². The number of esters is 1. The molecule has 0 bridgehead atoms. The molecule has 41 heavy (non-hydrogen) atoms. The monoisotopic (exact) mass is 562 g/mol. The molecule has 3 aliphatic rings. The van der Waals surface area contributed by atoms with Gasteiger partial charge >= 0.3 is 5.97 Å². The molecule has 4 atom stereocenters. The van der Waals surface area contributed by atoms with Gasteiger partial charge in [0.05, 0.1) is 32.1 Å². The number of ether oxygens (including phenoxy) is 2. The predicted molar refractivity (Wildman–Crippen MR) is 153 cm³/mol. The summed E-state index contributed by atoms with van der Waals surface area (Å²) in [4.78, 5) is 42.6. The highest BCUT2D eigenvalue weighted by Crippen LogP contribution is 2.56. The van der Waals surface area contributed by atoms with Crippen molar-refractivity contribution in [2.45, 2.75) is 77.5 Å². The number of benzene rings is 1. The maximum Gasteiger partial charge on any atom is 0.320 e. The molecule has 1 aromatic carbocycles. The number of carbonyl (C=O) groups excluding carboxylic acids is 3. The number of hydrogen-bond donors (Lipinski definition) is 1. The Hall–Kier alpha value is -3.39. The van der Waals surface area contributed by atoms with Gasteiger partial charge in [-0.15, -0.1) is 0 Å². The SMILES string of the molecule is COC(=O)[C@]12C[C@H](CC(=O)NCCCCc3ccccc3)C(=O)N(Cc3ccco3)C1=C[C@H](C(C)C)O[C@@H]2C1CC1. The topological polar surface area (TPSA) is 98.1 Å². The second-order valence-electron chi connectivity index (χ2n) is 12.0. The lowest BCUT2D eigenvalue weighted by atomic mass is 9.64. The molecular formula is C33H42N2O6. The van der Waals surface area contributed by atoms with E-state index < -0.39 is 23.4 Å². The summed E-state index contributed by atoms with van der Waals surface area (Å²) in [5.74, 6) is -0.491. The summed E-state index contributed by atoms with van der Waals surface area (Å²) in [5, 5.41) is 3.00. The Morgan fingerprint density at radius 2 is 1.90 bits per heavy atom. The Morgan fingerprint density at radius 1 is 1.12 bits per heavy atom. The third-order valence-electron chi connectivity index (χ3n) is 8.68. The van der Waals surface area contributed by atoms with Crippen molar-refractivity contribution >= 4 is 17.8 Å². The van der Waals surface area contributed by atoms with Gasteiger partial charge in [-0.1, -0.05) is 44.2 Å². The summed E-state index contributed by atoms with van der Waals surface area (Å²) in [6, 6.07) is 13.9. The van der Waals surface area contributed by atoms with Crippen molar-refractivity contribution in [3.05, 3.63) is 71.8 Å². The van der Waals surface area contributed by atoms with Crippen LogP contribution in [-0.2, 0) is 36.8 Å². The minimum absolute atomic E-state index is 0.00317. The molecular weight excluding hydrogens is 520 g/mol. The molecule has 2 amide bonds. The van der Waals surface area contributed by atoms with Crippen LogP contribution in [0.1, 0.15) is 63.7 Å². The van der Waals surface area contributed by atoms with Gasteiger partial charge in [0.25, 0.3) is 0 Å². The number of likely N-dealkylation sites (tertiary alicyclic amines) is 1. The fourth-order valence-corrected chi connectivity index (χ4v) is 6.39. The summed E-state index contributed by atoms with van der Waals surface area (Å²) >= 11 is 0. The number of aryl methyl sites for hydroxylation is 1. The van der Waals surface area contributed by atoms with Crippen LogP contribution in [0.3, 0.4) is 0 Å². The number of furan rings is 1. The zero-order valence-electron chi connectivity index (χ0n) is 24.3. The number of nitrogens with one attached hydrogen (secondary N) is 1. The summed E-state index contributed by atoms with van der Waals surface area (Å²) in [6.45, 7) is 4.87. The van der Waals surface area contributed by atoms with Crippen LogP contribution in [0.2, 0.25) is 0 Å². The van der Waals surface area contributed by atoms with Crippen molar-refractivity contribution < 1.29 is 28.3 Å². The lowest BCUT2D eigenvalue weighted by Gasteiger charge is -2.52. The standard InChI is InChI=1S/C33H42N2O6/c1-22(2)27-19-28-33(32(38)39-3,30(41-27)24-14-15-24)20-25(31(37)35(28)21-26-13-9-17-40-26)18-29(36)34-16-8-7-12-23-10-5-4-6-11-23/h4-6,9-11,13,17,19,22,24-25,27,30H,7-8,12,14-16,18,20-21H2,1-3H3,(H,34,36)/t25-,27+,30+,33+/m0/s1. The zero-order chi connectivity index (χ0) is 29.0. The molecule has 1 aliphatic carbocycles. The molecule has 5 rings (SSSR count). The predicted octanol–water partition coefficient (Wildman–Crippen LogP) is 5.03. The van der Waals surface area contributed by atoms with Crippen molar-refractivity contribution in [3.8, 4) is 0 Å². The van der Waals surface area contributed by atoms with Crippen molar-refractivity contribution in [1.82, 2.24) is 10.2 Å². The van der Waals surface area contributed by atoms with Crippen LogP contribution in [0.15, 0.2) is 64.9 Å². The van der Waals surface area contributed by atoms with Gasteiger partial charge in [-0.2, -0.15) is 0 Å². The van der Waals surface area contributed by atoms with E-state index in [1.807, 2.05) is 30.3 Å². The van der Waals surface area contributed by atoms with E-state index in [4.69, 9.17) is 13.9 Å². The van der Waals surface area contributed by atoms with Gasteiger partial charge < -0.3 is 24.1 Å². The highest BCUT2D eigenvalue weighted by Gasteiger charge is 2.64. The van der Waals surface area contributed by atoms with E-state index >= 15 is 0 Å². The Bertz CT molecular complexity index is 1240. The number of rotatable bonds is 12. The first-order valence-corrected chi connectivity index (χ1v) is 14.9. The van der Waals surface area contributed by atoms with Gasteiger partial charge in [-0.05, 0) is 74.1 Å². The Labute approximate surface area is 242 Å². The number of hydrogen-bond acceptors (Lipinski definition) is 6. The molecule has 0 radical (unpaired) electrons. The molecule has 2 fully saturated rings. The third kappa shape index (κ3) is 6.27. The number of amides is 2. The summed E-state index contributed by atoms with van der Waals surface area (Å²) in [6.07, 6.45) is 7.72. The van der Waals surface area contributed by atoms with Gasteiger partial charge in [-0.3, -0.25) is 14.4 Å². The Balaban J connectivity index is 1.36. The maximum atomic E-state index is 14.1. The minimum atomic E-state index is -1.16. The van der Waals surface area contributed by atoms with Gasteiger partial charge in [0, 0.05) is 24.6 Å². The Kier molecular flexibility index (Phi) is 8.97.